The van der Waals surface area contributed by atoms with Crippen molar-refractivity contribution in [3.05, 3.63) is 17.0 Å². The van der Waals surface area contributed by atoms with E-state index in [2.05, 4.69) is 5.10 Å². The number of rotatable bonds is 8. The molecule has 1 aromatic heterocycles. The third-order valence-corrected chi connectivity index (χ3v) is 3.05. The largest absolute Gasteiger partial charge is 0.381 e. The maximum absolute atomic E-state index is 12.1. The number of hydrogen-bond donors (Lipinski definition) is 0. The van der Waals surface area contributed by atoms with Crippen molar-refractivity contribution in [1.29, 1.82) is 0 Å². The van der Waals surface area contributed by atoms with Crippen molar-refractivity contribution in [3.63, 3.8) is 0 Å². The average Bonchev–Trinajstić information content (AvgIpc) is 2.64. The number of aromatic nitrogens is 2. The first kappa shape index (κ1) is 15.6. The molecule has 1 rings (SSSR count). The van der Waals surface area contributed by atoms with Crippen LogP contribution >= 0.6 is 0 Å². The molecule has 19 heavy (non-hydrogen) atoms. The van der Waals surface area contributed by atoms with Crippen LogP contribution in [0.1, 0.15) is 48.4 Å². The van der Waals surface area contributed by atoms with Crippen LogP contribution in [0.3, 0.4) is 0 Å². The zero-order valence-corrected chi connectivity index (χ0v) is 12.2. The predicted octanol–water partition coefficient (Wildman–Crippen LogP) is 2.09. The Morgan fingerprint density at radius 3 is 2.47 bits per heavy atom. The normalized spacial score (nSPS) is 10.7. The van der Waals surface area contributed by atoms with E-state index in [0.29, 0.717) is 30.9 Å². The van der Waals surface area contributed by atoms with Gasteiger partial charge < -0.3 is 4.74 Å². The van der Waals surface area contributed by atoms with Crippen molar-refractivity contribution < 1.29 is 14.3 Å². The summed E-state index contributed by atoms with van der Waals surface area (Å²) in [5.41, 5.74) is 2.12. The van der Waals surface area contributed by atoms with E-state index in [4.69, 9.17) is 4.74 Å². The van der Waals surface area contributed by atoms with E-state index in [1.807, 2.05) is 20.8 Å². The van der Waals surface area contributed by atoms with E-state index in [1.165, 1.54) is 0 Å². The minimum absolute atomic E-state index is 0.0653. The second kappa shape index (κ2) is 7.19. The number of hydrogen-bond acceptors (Lipinski definition) is 4. The molecule has 0 aliphatic rings. The molecule has 0 aliphatic carbocycles. The number of ketones is 2. The minimum Gasteiger partial charge on any atom is -0.381 e. The van der Waals surface area contributed by atoms with Gasteiger partial charge in [-0.25, -0.2) is 0 Å². The van der Waals surface area contributed by atoms with Crippen molar-refractivity contribution in [1.82, 2.24) is 9.78 Å². The van der Waals surface area contributed by atoms with Gasteiger partial charge in [0.1, 0.15) is 5.78 Å². The fraction of sp³-hybridized carbons (Fsp3) is 0.643. The van der Waals surface area contributed by atoms with Crippen molar-refractivity contribution in [2.45, 2.75) is 47.1 Å². The number of aryl methyl sites for hydroxylation is 2. The van der Waals surface area contributed by atoms with Gasteiger partial charge in [0, 0.05) is 25.3 Å². The predicted molar refractivity (Wildman–Crippen MR) is 72.4 cm³/mol. The smallest absolute Gasteiger partial charge is 0.173 e. The van der Waals surface area contributed by atoms with E-state index in [9.17, 15) is 9.59 Å². The van der Waals surface area contributed by atoms with Gasteiger partial charge in [0.25, 0.3) is 0 Å². The molecule has 0 aliphatic heterocycles. The van der Waals surface area contributed by atoms with Crippen LogP contribution in [0.2, 0.25) is 0 Å². The summed E-state index contributed by atoms with van der Waals surface area (Å²) in [6.45, 7) is 9.21. The molecular formula is C14H22N2O3. The number of nitrogens with zero attached hydrogens (tertiary/aromatic N) is 2. The van der Waals surface area contributed by atoms with Crippen molar-refractivity contribution in [2.24, 2.45) is 0 Å². The quantitative estimate of drug-likeness (QED) is 0.410. The molecule has 0 aromatic carbocycles. The summed E-state index contributed by atoms with van der Waals surface area (Å²) < 4.78 is 6.90. The molecule has 0 fully saturated rings. The van der Waals surface area contributed by atoms with Gasteiger partial charge >= 0.3 is 0 Å². The molecule has 0 spiro atoms. The highest BCUT2D eigenvalue weighted by atomic mass is 16.5. The third-order valence-electron chi connectivity index (χ3n) is 3.05. The molecule has 0 atom stereocenters. The summed E-state index contributed by atoms with van der Waals surface area (Å²) in [7, 11) is 0. The van der Waals surface area contributed by atoms with Crippen LogP contribution in [0, 0.1) is 13.8 Å². The summed E-state index contributed by atoms with van der Waals surface area (Å²) >= 11 is 0. The van der Waals surface area contributed by atoms with Crippen LogP contribution in [-0.4, -0.2) is 34.6 Å². The van der Waals surface area contributed by atoms with E-state index < -0.39 is 0 Å². The van der Waals surface area contributed by atoms with Crippen LogP contribution in [0.25, 0.3) is 0 Å². The molecule has 106 valence electrons. The van der Waals surface area contributed by atoms with Crippen molar-refractivity contribution in [2.75, 3.05) is 13.2 Å². The average molecular weight is 266 g/mol. The van der Waals surface area contributed by atoms with Gasteiger partial charge in [0.05, 0.1) is 24.3 Å². The maximum atomic E-state index is 12.1. The van der Waals surface area contributed by atoms with Gasteiger partial charge in [-0.05, 0) is 27.7 Å². The number of carbonyl (C=O) groups is 2. The second-order valence-electron chi connectivity index (χ2n) is 4.45. The molecule has 0 N–H and O–H groups in total. The van der Waals surface area contributed by atoms with Crippen LogP contribution < -0.4 is 0 Å². The summed E-state index contributed by atoms with van der Waals surface area (Å²) in [6.07, 6.45) is 0.226. The van der Waals surface area contributed by atoms with Gasteiger partial charge in [0.2, 0.25) is 0 Å². The Balaban J connectivity index is 2.68. The molecule has 1 heterocycles. The second-order valence-corrected chi connectivity index (χ2v) is 4.45. The monoisotopic (exact) mass is 266 g/mol. The van der Waals surface area contributed by atoms with Crippen LogP contribution in [-0.2, 0) is 16.1 Å². The SMILES string of the molecule is CCOCCC(=O)CC(=O)c1c(C)nn(CC)c1C. The van der Waals surface area contributed by atoms with Gasteiger partial charge in [0.15, 0.2) is 5.78 Å². The van der Waals surface area contributed by atoms with Gasteiger partial charge in [-0.15, -0.1) is 0 Å². The lowest BCUT2D eigenvalue weighted by Crippen LogP contribution is -2.12. The Morgan fingerprint density at radius 1 is 1.26 bits per heavy atom. The molecule has 1 aromatic rings. The fourth-order valence-electron chi connectivity index (χ4n) is 2.09. The summed E-state index contributed by atoms with van der Waals surface area (Å²) in [5.74, 6) is -0.224. The molecule has 0 unspecified atom stereocenters. The first-order chi connectivity index (χ1) is 9.01. The number of ether oxygens (including phenoxy) is 1. The van der Waals surface area contributed by atoms with Crippen LogP contribution in [0.15, 0.2) is 0 Å². The first-order valence-electron chi connectivity index (χ1n) is 6.67. The van der Waals surface area contributed by atoms with Crippen LogP contribution in [0.5, 0.6) is 0 Å². The summed E-state index contributed by atoms with van der Waals surface area (Å²) in [6, 6.07) is 0. The molecule has 0 radical (unpaired) electrons. The Kier molecular flexibility index (Phi) is 5.89. The molecule has 0 saturated heterocycles. The van der Waals surface area contributed by atoms with Gasteiger partial charge in [-0.2, -0.15) is 5.10 Å². The maximum Gasteiger partial charge on any atom is 0.173 e. The molecule has 0 bridgehead atoms. The minimum atomic E-state index is -0.142. The van der Waals surface area contributed by atoms with E-state index >= 15 is 0 Å². The first-order valence-corrected chi connectivity index (χ1v) is 6.67. The van der Waals surface area contributed by atoms with E-state index in [1.54, 1.807) is 11.6 Å². The Labute approximate surface area is 113 Å². The molecular weight excluding hydrogens is 244 g/mol. The molecule has 5 nitrogen and oxygen atoms in total. The highest BCUT2D eigenvalue weighted by molar-refractivity contribution is 6.09. The Hall–Kier alpha value is -1.49. The summed E-state index contributed by atoms with van der Waals surface area (Å²) in [4.78, 5) is 23.8. The third kappa shape index (κ3) is 3.99. The van der Waals surface area contributed by atoms with Crippen molar-refractivity contribution >= 4 is 11.6 Å². The standard InChI is InChI=1S/C14H22N2O3/c1-5-16-11(4)14(10(3)15-16)13(18)9-12(17)7-8-19-6-2/h5-9H2,1-4H3. The Bertz CT molecular complexity index is 464. The van der Waals surface area contributed by atoms with Crippen molar-refractivity contribution in [3.8, 4) is 0 Å². The lowest BCUT2D eigenvalue weighted by atomic mass is 10.0. The van der Waals surface area contributed by atoms with E-state index in [-0.39, 0.29) is 18.0 Å². The topological polar surface area (TPSA) is 61.2 Å². The van der Waals surface area contributed by atoms with Crippen LogP contribution in [0.4, 0.5) is 0 Å². The molecule has 0 saturated carbocycles. The molecule has 0 amide bonds. The lowest BCUT2D eigenvalue weighted by molar-refractivity contribution is -0.119. The molecule has 5 heteroatoms. The zero-order valence-electron chi connectivity index (χ0n) is 12.2. The van der Waals surface area contributed by atoms with E-state index in [0.717, 1.165) is 12.2 Å². The summed E-state index contributed by atoms with van der Waals surface area (Å²) in [5, 5.41) is 4.29. The number of carbonyl (C=O) groups excluding carboxylic acids is 2. The highest BCUT2D eigenvalue weighted by Crippen LogP contribution is 2.15. The Morgan fingerprint density at radius 2 is 1.95 bits per heavy atom. The van der Waals surface area contributed by atoms with Gasteiger partial charge in [-0.1, -0.05) is 0 Å². The van der Waals surface area contributed by atoms with Gasteiger partial charge in [-0.3, -0.25) is 14.3 Å². The number of Topliss-reactive ketones (excluding diaryl/α,β-unsaturated/α-hetero) is 2. The zero-order chi connectivity index (χ0) is 14.4. The highest BCUT2D eigenvalue weighted by Gasteiger charge is 2.20. The lowest BCUT2D eigenvalue weighted by Gasteiger charge is -2.03. The fourth-order valence-corrected chi connectivity index (χ4v) is 2.09.